The number of hydrogen-bond acceptors (Lipinski definition) is 3. The predicted octanol–water partition coefficient (Wildman–Crippen LogP) is 1.51. The van der Waals surface area contributed by atoms with Crippen molar-refractivity contribution in [1.82, 2.24) is 5.32 Å². The number of aryl methyl sites for hydroxylation is 1. The Bertz CT molecular complexity index is 422. The van der Waals surface area contributed by atoms with Crippen molar-refractivity contribution in [1.29, 1.82) is 0 Å². The molecule has 0 aliphatic heterocycles. The fraction of sp³-hybridized carbons (Fsp3) is 0.462. The van der Waals surface area contributed by atoms with Gasteiger partial charge in [0.15, 0.2) is 0 Å². The topological polar surface area (TPSA) is 69.6 Å². The van der Waals surface area contributed by atoms with E-state index < -0.39 is 5.54 Å². The number of benzene rings is 1. The molecule has 1 rings (SSSR count). The Labute approximate surface area is 112 Å². The first-order valence-electron chi connectivity index (χ1n) is 5.78. The second-order valence-corrected chi connectivity index (χ2v) is 4.78. The normalized spacial score (nSPS) is 11.4. The summed E-state index contributed by atoms with van der Waals surface area (Å²) in [5, 5.41) is 21.7. The lowest BCUT2D eigenvalue weighted by atomic mass is 9.97. The molecular weight excluding hydrogens is 254 g/mol. The van der Waals surface area contributed by atoms with E-state index in [0.717, 1.165) is 5.56 Å². The second kappa shape index (κ2) is 6.18. The SMILES string of the molecule is CCC(CO)(CO)NC(=O)c1ccc(C)c(Cl)c1. The zero-order chi connectivity index (χ0) is 13.8. The zero-order valence-electron chi connectivity index (χ0n) is 10.5. The number of aliphatic hydroxyl groups excluding tert-OH is 2. The van der Waals surface area contributed by atoms with E-state index in [0.29, 0.717) is 17.0 Å². The van der Waals surface area contributed by atoms with E-state index in [1.54, 1.807) is 25.1 Å². The van der Waals surface area contributed by atoms with E-state index in [-0.39, 0.29) is 19.1 Å². The van der Waals surface area contributed by atoms with Gasteiger partial charge in [-0.25, -0.2) is 0 Å². The molecule has 0 spiro atoms. The lowest BCUT2D eigenvalue weighted by Crippen LogP contribution is -2.53. The highest BCUT2D eigenvalue weighted by molar-refractivity contribution is 6.31. The van der Waals surface area contributed by atoms with E-state index in [2.05, 4.69) is 5.32 Å². The van der Waals surface area contributed by atoms with Crippen LogP contribution in [0.5, 0.6) is 0 Å². The Morgan fingerprint density at radius 3 is 2.44 bits per heavy atom. The lowest BCUT2D eigenvalue weighted by Gasteiger charge is -2.29. The van der Waals surface area contributed by atoms with Gasteiger partial charge >= 0.3 is 0 Å². The van der Waals surface area contributed by atoms with E-state index in [1.807, 2.05) is 6.92 Å². The number of rotatable bonds is 5. The van der Waals surface area contributed by atoms with Crippen molar-refractivity contribution < 1.29 is 15.0 Å². The fourth-order valence-corrected chi connectivity index (χ4v) is 1.67. The Hall–Kier alpha value is -1.10. The number of halogens is 1. The van der Waals surface area contributed by atoms with Crippen molar-refractivity contribution >= 4 is 17.5 Å². The maximum Gasteiger partial charge on any atom is 0.251 e. The summed E-state index contributed by atoms with van der Waals surface area (Å²) in [7, 11) is 0. The number of hydrogen-bond donors (Lipinski definition) is 3. The first-order valence-corrected chi connectivity index (χ1v) is 6.16. The van der Waals surface area contributed by atoms with E-state index in [9.17, 15) is 15.0 Å². The number of amides is 1. The van der Waals surface area contributed by atoms with Gasteiger partial charge in [-0.1, -0.05) is 24.6 Å². The predicted molar refractivity (Wildman–Crippen MR) is 70.8 cm³/mol. The minimum absolute atomic E-state index is 0.314. The summed E-state index contributed by atoms with van der Waals surface area (Å²) >= 11 is 5.95. The van der Waals surface area contributed by atoms with Crippen LogP contribution in [0.1, 0.15) is 29.3 Å². The molecule has 0 aromatic heterocycles. The molecule has 4 nitrogen and oxygen atoms in total. The Morgan fingerprint density at radius 1 is 1.39 bits per heavy atom. The molecule has 3 N–H and O–H groups in total. The van der Waals surface area contributed by atoms with Crippen LogP contribution < -0.4 is 5.32 Å². The lowest BCUT2D eigenvalue weighted by molar-refractivity contribution is 0.0653. The van der Waals surface area contributed by atoms with Crippen LogP contribution in [0, 0.1) is 6.92 Å². The molecule has 0 aliphatic carbocycles. The molecule has 5 heteroatoms. The van der Waals surface area contributed by atoms with Crippen LogP contribution in [-0.2, 0) is 0 Å². The Kier molecular flexibility index (Phi) is 5.14. The fourth-order valence-electron chi connectivity index (χ4n) is 1.49. The molecule has 0 aliphatic rings. The molecule has 1 aromatic carbocycles. The van der Waals surface area contributed by atoms with Crippen molar-refractivity contribution in [3.8, 4) is 0 Å². The largest absolute Gasteiger partial charge is 0.394 e. The summed E-state index contributed by atoms with van der Waals surface area (Å²) in [6.45, 7) is 3.01. The van der Waals surface area contributed by atoms with Gasteiger partial charge < -0.3 is 15.5 Å². The standard InChI is InChI=1S/C13H18ClNO3/c1-3-13(7-16,8-17)15-12(18)10-5-4-9(2)11(14)6-10/h4-6,16-17H,3,7-8H2,1-2H3,(H,15,18). The Balaban J connectivity index is 2.90. The molecule has 0 atom stereocenters. The average Bonchev–Trinajstić information content (AvgIpc) is 2.39. The minimum atomic E-state index is -0.992. The molecule has 1 aromatic rings. The molecule has 0 fully saturated rings. The van der Waals surface area contributed by atoms with Gasteiger partial charge in [-0.05, 0) is 31.0 Å². The van der Waals surface area contributed by atoms with Crippen molar-refractivity contribution in [2.45, 2.75) is 25.8 Å². The van der Waals surface area contributed by atoms with E-state index in [1.165, 1.54) is 0 Å². The molecule has 1 amide bonds. The highest BCUT2D eigenvalue weighted by atomic mass is 35.5. The maximum absolute atomic E-state index is 12.0. The van der Waals surface area contributed by atoms with Crippen molar-refractivity contribution in [3.63, 3.8) is 0 Å². The van der Waals surface area contributed by atoms with Crippen molar-refractivity contribution in [2.24, 2.45) is 0 Å². The summed E-state index contributed by atoms with van der Waals surface area (Å²) < 4.78 is 0. The van der Waals surface area contributed by atoms with E-state index in [4.69, 9.17) is 11.6 Å². The van der Waals surface area contributed by atoms with Crippen LogP contribution in [0.25, 0.3) is 0 Å². The minimum Gasteiger partial charge on any atom is -0.394 e. The second-order valence-electron chi connectivity index (χ2n) is 4.37. The highest BCUT2D eigenvalue weighted by Gasteiger charge is 2.28. The quantitative estimate of drug-likeness (QED) is 0.760. The van der Waals surface area contributed by atoms with Crippen LogP contribution in [0.4, 0.5) is 0 Å². The monoisotopic (exact) mass is 271 g/mol. The summed E-state index contributed by atoms with van der Waals surface area (Å²) in [4.78, 5) is 12.0. The number of carbonyl (C=O) groups is 1. The third-order valence-electron chi connectivity index (χ3n) is 3.09. The van der Waals surface area contributed by atoms with Crippen molar-refractivity contribution in [3.05, 3.63) is 34.3 Å². The van der Waals surface area contributed by atoms with Gasteiger partial charge in [-0.3, -0.25) is 4.79 Å². The summed E-state index contributed by atoms with van der Waals surface area (Å²) in [5.74, 6) is -0.359. The molecule has 0 radical (unpaired) electrons. The molecule has 0 bridgehead atoms. The molecule has 0 saturated heterocycles. The molecule has 100 valence electrons. The third-order valence-corrected chi connectivity index (χ3v) is 3.50. The summed E-state index contributed by atoms with van der Waals surface area (Å²) in [6.07, 6.45) is 0.436. The van der Waals surface area contributed by atoms with Crippen LogP contribution >= 0.6 is 11.6 Å². The molecular formula is C13H18ClNO3. The van der Waals surface area contributed by atoms with Crippen molar-refractivity contribution in [2.75, 3.05) is 13.2 Å². The molecule has 0 unspecified atom stereocenters. The molecule has 0 heterocycles. The first-order chi connectivity index (χ1) is 8.48. The van der Waals surface area contributed by atoms with Gasteiger partial charge in [0.05, 0.1) is 18.8 Å². The number of nitrogens with one attached hydrogen (secondary N) is 1. The van der Waals surface area contributed by atoms with Gasteiger partial charge in [0.1, 0.15) is 0 Å². The van der Waals surface area contributed by atoms with Crippen LogP contribution in [0.3, 0.4) is 0 Å². The Morgan fingerprint density at radius 2 is 2.00 bits per heavy atom. The summed E-state index contributed by atoms with van der Waals surface area (Å²) in [6, 6.07) is 4.98. The van der Waals surface area contributed by atoms with Gasteiger partial charge in [-0.15, -0.1) is 0 Å². The van der Waals surface area contributed by atoms with Gasteiger partial charge in [0.2, 0.25) is 0 Å². The van der Waals surface area contributed by atoms with Crippen LogP contribution in [0.2, 0.25) is 5.02 Å². The highest BCUT2D eigenvalue weighted by Crippen LogP contribution is 2.17. The first kappa shape index (κ1) is 15.0. The van der Waals surface area contributed by atoms with E-state index >= 15 is 0 Å². The third kappa shape index (κ3) is 3.22. The van der Waals surface area contributed by atoms with Gasteiger partial charge in [0.25, 0.3) is 5.91 Å². The molecule has 0 saturated carbocycles. The zero-order valence-corrected chi connectivity index (χ0v) is 11.3. The van der Waals surface area contributed by atoms with Gasteiger partial charge in [0, 0.05) is 10.6 Å². The molecule has 18 heavy (non-hydrogen) atoms. The average molecular weight is 272 g/mol. The number of carbonyl (C=O) groups excluding carboxylic acids is 1. The van der Waals surface area contributed by atoms with Crippen LogP contribution in [0.15, 0.2) is 18.2 Å². The van der Waals surface area contributed by atoms with Crippen LogP contribution in [-0.4, -0.2) is 34.9 Å². The number of aliphatic hydroxyl groups is 2. The summed E-state index contributed by atoms with van der Waals surface area (Å²) in [5.41, 5.74) is 0.304. The maximum atomic E-state index is 12.0. The van der Waals surface area contributed by atoms with Gasteiger partial charge in [-0.2, -0.15) is 0 Å². The smallest absolute Gasteiger partial charge is 0.251 e.